The highest BCUT2D eigenvalue weighted by Crippen LogP contribution is 2.15. The fourth-order valence-electron chi connectivity index (χ4n) is 4.17. The summed E-state index contributed by atoms with van der Waals surface area (Å²) in [5.41, 5.74) is 0. The molecule has 11 nitrogen and oxygen atoms in total. The Balaban J connectivity index is 5.23. The Morgan fingerprint density at radius 1 is 0.615 bits per heavy atom. The molecule has 0 amide bonds. The van der Waals surface area contributed by atoms with Crippen molar-refractivity contribution in [2.75, 3.05) is 126 Å². The number of methoxy groups -OCH3 is 1. The lowest BCUT2D eigenvalue weighted by Crippen LogP contribution is -2.50. The molecule has 0 fully saturated rings. The highest BCUT2D eigenvalue weighted by Gasteiger charge is 2.28. The highest BCUT2D eigenvalue weighted by atomic mass is 16.5. The summed E-state index contributed by atoms with van der Waals surface area (Å²) in [6.07, 6.45) is 3.72. The number of aliphatic hydroxyl groups excluding tert-OH is 3. The maximum absolute atomic E-state index is 9.88. The van der Waals surface area contributed by atoms with Gasteiger partial charge in [0.2, 0.25) is 0 Å². The zero-order valence-electron chi connectivity index (χ0n) is 25.1. The van der Waals surface area contributed by atoms with Crippen molar-refractivity contribution in [3.63, 3.8) is 0 Å². The Morgan fingerprint density at radius 2 is 1.31 bits per heavy atom. The average molecular weight is 569 g/mol. The molecule has 0 aliphatic carbocycles. The molecule has 0 aromatic heterocycles. The molecule has 3 N–H and O–H groups in total. The molecule has 0 aromatic rings. The van der Waals surface area contributed by atoms with Crippen molar-refractivity contribution in [3.8, 4) is 0 Å². The van der Waals surface area contributed by atoms with Crippen LogP contribution in [0.15, 0.2) is 0 Å². The van der Waals surface area contributed by atoms with Gasteiger partial charge in [-0.2, -0.15) is 0 Å². The third kappa shape index (κ3) is 22.9. The van der Waals surface area contributed by atoms with Crippen LogP contribution in [0.5, 0.6) is 0 Å². The molecule has 0 aliphatic rings. The molecule has 39 heavy (non-hydrogen) atoms. The number of ether oxygens (including phenoxy) is 6. The minimum absolute atomic E-state index is 0.00314. The molecule has 0 rings (SSSR count). The first-order chi connectivity index (χ1) is 19.2. The smallest absolute Gasteiger partial charge is 0.0775 e. The first kappa shape index (κ1) is 38.6. The average Bonchev–Trinajstić information content (AvgIpc) is 2.94. The Labute approximate surface area is 237 Å². The highest BCUT2D eigenvalue weighted by molar-refractivity contribution is 4.81. The fourth-order valence-corrected chi connectivity index (χ4v) is 4.17. The zero-order chi connectivity index (χ0) is 28.8. The second-order valence-electron chi connectivity index (χ2n) is 9.36. The van der Waals surface area contributed by atoms with Crippen LogP contribution in [0.1, 0.15) is 46.0 Å². The normalized spacial score (nSPS) is 13.5. The molecule has 236 valence electrons. The van der Waals surface area contributed by atoms with E-state index in [0.29, 0.717) is 78.8 Å². The van der Waals surface area contributed by atoms with Crippen molar-refractivity contribution in [1.29, 1.82) is 0 Å². The van der Waals surface area contributed by atoms with E-state index in [-0.39, 0.29) is 32.0 Å². The molecule has 0 heterocycles. The van der Waals surface area contributed by atoms with Gasteiger partial charge in [0.15, 0.2) is 0 Å². The van der Waals surface area contributed by atoms with Gasteiger partial charge in [-0.3, -0.25) is 9.80 Å². The van der Waals surface area contributed by atoms with Gasteiger partial charge in [-0.05, 0) is 39.0 Å². The van der Waals surface area contributed by atoms with E-state index in [1.165, 1.54) is 0 Å². The zero-order valence-corrected chi connectivity index (χ0v) is 25.1. The molecular formula is C28H60N2O9. The van der Waals surface area contributed by atoms with Gasteiger partial charge in [0.25, 0.3) is 0 Å². The second-order valence-corrected chi connectivity index (χ2v) is 9.36. The van der Waals surface area contributed by atoms with E-state index >= 15 is 0 Å². The Kier molecular flexibility index (Phi) is 30.2. The van der Waals surface area contributed by atoms with E-state index in [4.69, 9.17) is 38.6 Å². The molecule has 0 spiro atoms. The third-order valence-electron chi connectivity index (χ3n) is 6.21. The van der Waals surface area contributed by atoms with E-state index in [9.17, 15) is 5.11 Å². The Hall–Kier alpha value is -0.440. The van der Waals surface area contributed by atoms with Crippen LogP contribution >= 0.6 is 0 Å². The minimum Gasteiger partial charge on any atom is -0.396 e. The van der Waals surface area contributed by atoms with E-state index in [0.717, 1.165) is 52.0 Å². The van der Waals surface area contributed by atoms with Crippen LogP contribution in [0.4, 0.5) is 0 Å². The lowest BCUT2D eigenvalue weighted by atomic mass is 10.1. The fraction of sp³-hybridized carbons (Fsp3) is 1.00. The van der Waals surface area contributed by atoms with Gasteiger partial charge in [0.05, 0.1) is 51.8 Å². The summed E-state index contributed by atoms with van der Waals surface area (Å²) in [4.78, 5) is 4.62. The SMILES string of the molecule is CCCOCCCN(CCOCCO)C(COCC)C(CCO)OCCN(CCCOC)CCOCCCO. The van der Waals surface area contributed by atoms with E-state index < -0.39 is 0 Å². The molecule has 2 unspecified atom stereocenters. The maximum Gasteiger partial charge on any atom is 0.0775 e. The predicted molar refractivity (Wildman–Crippen MR) is 152 cm³/mol. The number of rotatable bonds is 32. The summed E-state index contributed by atoms with van der Waals surface area (Å²) in [5.74, 6) is 0. The van der Waals surface area contributed by atoms with Gasteiger partial charge in [-0.1, -0.05) is 6.92 Å². The lowest BCUT2D eigenvalue weighted by molar-refractivity contribution is -0.0673. The van der Waals surface area contributed by atoms with Crippen molar-refractivity contribution in [1.82, 2.24) is 9.80 Å². The van der Waals surface area contributed by atoms with Crippen LogP contribution in [0.3, 0.4) is 0 Å². The molecule has 0 aliphatic heterocycles. The summed E-state index contributed by atoms with van der Waals surface area (Å²) < 4.78 is 34.5. The molecule has 0 aromatic carbocycles. The molecule has 2 atom stereocenters. The van der Waals surface area contributed by atoms with Crippen molar-refractivity contribution in [2.45, 2.75) is 58.1 Å². The van der Waals surface area contributed by atoms with Crippen LogP contribution in [0.2, 0.25) is 0 Å². The van der Waals surface area contributed by atoms with Gasteiger partial charge >= 0.3 is 0 Å². The predicted octanol–water partition coefficient (Wildman–Crippen LogP) is 1.02. The van der Waals surface area contributed by atoms with Crippen LogP contribution in [0, 0.1) is 0 Å². The summed E-state index contributed by atoms with van der Waals surface area (Å²) in [7, 11) is 1.71. The van der Waals surface area contributed by atoms with Gasteiger partial charge in [0, 0.05) is 86.1 Å². The molecule has 0 saturated carbocycles. The van der Waals surface area contributed by atoms with Crippen molar-refractivity contribution < 1.29 is 43.7 Å². The number of aliphatic hydroxyl groups is 3. The van der Waals surface area contributed by atoms with Gasteiger partial charge < -0.3 is 43.7 Å². The van der Waals surface area contributed by atoms with E-state index in [2.05, 4.69) is 16.7 Å². The van der Waals surface area contributed by atoms with E-state index in [1.54, 1.807) is 7.11 Å². The van der Waals surface area contributed by atoms with Crippen LogP contribution in [-0.4, -0.2) is 163 Å². The molecule has 0 saturated heterocycles. The molecule has 0 radical (unpaired) electrons. The standard InChI is InChI=1S/C28H60N2O9/c1-4-18-36-20-7-11-30(14-23-38-25-17-33)27(26-35-5-2)28(9-16-32)39-24-13-29(10-6-19-34-3)12-22-37-21-8-15-31/h27-28,31-33H,4-26H2,1-3H3. The van der Waals surface area contributed by atoms with Crippen molar-refractivity contribution >= 4 is 0 Å². The molecule has 0 bridgehead atoms. The Morgan fingerprint density at radius 3 is 2.00 bits per heavy atom. The molecule has 11 heteroatoms. The Bertz CT molecular complexity index is 480. The van der Waals surface area contributed by atoms with Crippen LogP contribution in [-0.2, 0) is 28.4 Å². The summed E-state index contributed by atoms with van der Waals surface area (Å²) in [6, 6.07) is -0.0511. The van der Waals surface area contributed by atoms with Gasteiger partial charge in [0.1, 0.15) is 0 Å². The third-order valence-corrected chi connectivity index (χ3v) is 6.21. The number of hydrogen-bond donors (Lipinski definition) is 3. The summed E-state index contributed by atoms with van der Waals surface area (Å²) >= 11 is 0. The first-order valence-corrected chi connectivity index (χ1v) is 14.9. The van der Waals surface area contributed by atoms with E-state index in [1.807, 2.05) is 6.92 Å². The van der Waals surface area contributed by atoms with Gasteiger partial charge in [-0.25, -0.2) is 0 Å². The van der Waals surface area contributed by atoms with Crippen LogP contribution < -0.4 is 0 Å². The molecular weight excluding hydrogens is 508 g/mol. The summed E-state index contributed by atoms with van der Waals surface area (Å²) in [6.45, 7) is 13.8. The van der Waals surface area contributed by atoms with Crippen molar-refractivity contribution in [3.05, 3.63) is 0 Å². The van der Waals surface area contributed by atoms with Gasteiger partial charge in [-0.15, -0.1) is 0 Å². The number of hydrogen-bond acceptors (Lipinski definition) is 11. The quantitative estimate of drug-likeness (QED) is 0.101. The monoisotopic (exact) mass is 568 g/mol. The topological polar surface area (TPSA) is 123 Å². The maximum atomic E-state index is 9.88. The minimum atomic E-state index is -0.211. The largest absolute Gasteiger partial charge is 0.396 e. The number of nitrogens with zero attached hydrogens (tertiary/aromatic N) is 2. The second kappa shape index (κ2) is 30.5. The van der Waals surface area contributed by atoms with Crippen LogP contribution in [0.25, 0.3) is 0 Å². The lowest BCUT2D eigenvalue weighted by Gasteiger charge is -2.37. The first-order valence-electron chi connectivity index (χ1n) is 14.9. The van der Waals surface area contributed by atoms with Crippen molar-refractivity contribution in [2.24, 2.45) is 0 Å². The summed E-state index contributed by atoms with van der Waals surface area (Å²) in [5, 5.41) is 27.9.